The lowest BCUT2D eigenvalue weighted by molar-refractivity contribution is 0.383. The lowest BCUT2D eigenvalue weighted by Crippen LogP contribution is -2.49. The molecule has 1 aliphatic rings. The van der Waals surface area contributed by atoms with Crippen LogP contribution >= 0.6 is 0 Å². The molecule has 0 spiro atoms. The number of fused-ring (bicyclic) bond motifs is 3. The summed E-state index contributed by atoms with van der Waals surface area (Å²) in [6, 6.07) is 15.7. The monoisotopic (exact) mass is 419 g/mol. The number of piperazine rings is 1. The van der Waals surface area contributed by atoms with Crippen LogP contribution in [0.1, 0.15) is 5.56 Å². The van der Waals surface area contributed by atoms with Gasteiger partial charge in [-0.1, -0.05) is 12.1 Å². The van der Waals surface area contributed by atoms with Crippen molar-refractivity contribution in [1.82, 2.24) is 14.3 Å². The van der Waals surface area contributed by atoms with E-state index in [1.54, 1.807) is 0 Å². The summed E-state index contributed by atoms with van der Waals surface area (Å²) >= 11 is 0. The summed E-state index contributed by atoms with van der Waals surface area (Å²) in [6.07, 6.45) is 1.51. The van der Waals surface area contributed by atoms with Gasteiger partial charge < -0.3 is 9.32 Å². The quantitative estimate of drug-likeness (QED) is 0.503. The highest BCUT2D eigenvalue weighted by molar-refractivity contribution is 7.89. The molecule has 1 saturated heterocycles. The number of hydrogen-bond donors (Lipinski definition) is 0. The molecular weight excluding hydrogens is 402 g/mol. The summed E-state index contributed by atoms with van der Waals surface area (Å²) in [5, 5.41) is 9.83. The van der Waals surface area contributed by atoms with E-state index in [1.807, 2.05) is 35.2 Å². The van der Waals surface area contributed by atoms with Crippen LogP contribution in [0.2, 0.25) is 0 Å². The SMILES string of the molecule is N#Cc1ccc(S(=O)(=O)N2CCN(c3ncnc4c3oc3ccccc34)CC2)cc1. The highest BCUT2D eigenvalue weighted by Crippen LogP contribution is 2.32. The largest absolute Gasteiger partial charge is 0.450 e. The van der Waals surface area contributed by atoms with Crippen molar-refractivity contribution in [3.8, 4) is 6.07 Å². The zero-order chi connectivity index (χ0) is 20.7. The zero-order valence-electron chi connectivity index (χ0n) is 15.9. The average molecular weight is 419 g/mol. The second kappa shape index (κ2) is 7.09. The lowest BCUT2D eigenvalue weighted by Gasteiger charge is -2.34. The molecule has 3 heterocycles. The Balaban J connectivity index is 1.40. The Hall–Kier alpha value is -3.48. The van der Waals surface area contributed by atoms with Crippen molar-refractivity contribution in [2.24, 2.45) is 0 Å². The van der Waals surface area contributed by atoms with Gasteiger partial charge in [0.15, 0.2) is 11.4 Å². The van der Waals surface area contributed by atoms with Crippen molar-refractivity contribution in [3.05, 3.63) is 60.4 Å². The van der Waals surface area contributed by atoms with Gasteiger partial charge in [-0.3, -0.25) is 0 Å². The molecule has 5 rings (SSSR count). The van der Waals surface area contributed by atoms with Gasteiger partial charge >= 0.3 is 0 Å². The predicted octanol–water partition coefficient (Wildman–Crippen LogP) is 2.76. The van der Waals surface area contributed by atoms with E-state index in [0.29, 0.717) is 43.1 Å². The number of sulfonamides is 1. The van der Waals surface area contributed by atoms with Crippen molar-refractivity contribution in [2.45, 2.75) is 4.90 Å². The normalized spacial score (nSPS) is 15.5. The van der Waals surface area contributed by atoms with Crippen LogP contribution in [0.5, 0.6) is 0 Å². The van der Waals surface area contributed by atoms with E-state index in [1.165, 1.54) is 34.9 Å². The minimum atomic E-state index is -3.61. The molecule has 1 aliphatic heterocycles. The molecule has 0 aliphatic carbocycles. The fraction of sp³-hybridized carbons (Fsp3) is 0.190. The van der Waals surface area contributed by atoms with Crippen LogP contribution in [0.3, 0.4) is 0 Å². The van der Waals surface area contributed by atoms with E-state index < -0.39 is 10.0 Å². The number of furan rings is 1. The fourth-order valence-corrected chi connectivity index (χ4v) is 5.15. The average Bonchev–Trinajstić information content (AvgIpc) is 3.18. The third-order valence-electron chi connectivity index (χ3n) is 5.30. The molecule has 0 N–H and O–H groups in total. The van der Waals surface area contributed by atoms with Crippen molar-refractivity contribution in [3.63, 3.8) is 0 Å². The summed E-state index contributed by atoms with van der Waals surface area (Å²) in [5.41, 5.74) is 2.54. The maximum Gasteiger partial charge on any atom is 0.243 e. The van der Waals surface area contributed by atoms with Gasteiger partial charge in [0.05, 0.1) is 16.5 Å². The van der Waals surface area contributed by atoms with Gasteiger partial charge in [0.1, 0.15) is 17.4 Å². The summed E-state index contributed by atoms with van der Waals surface area (Å²) in [4.78, 5) is 11.0. The second-order valence-corrected chi connectivity index (χ2v) is 8.94. The van der Waals surface area contributed by atoms with Crippen LogP contribution in [0.25, 0.3) is 22.1 Å². The van der Waals surface area contributed by atoms with Gasteiger partial charge in [-0.15, -0.1) is 0 Å². The summed E-state index contributed by atoms with van der Waals surface area (Å²) in [5.74, 6) is 0.673. The molecule has 30 heavy (non-hydrogen) atoms. The molecule has 0 saturated carbocycles. The Morgan fingerprint density at radius 2 is 1.70 bits per heavy atom. The van der Waals surface area contributed by atoms with Crippen LogP contribution in [0.15, 0.2) is 64.2 Å². The fourth-order valence-electron chi connectivity index (χ4n) is 3.73. The number of rotatable bonds is 3. The Bertz CT molecular complexity index is 1380. The minimum absolute atomic E-state index is 0.191. The summed E-state index contributed by atoms with van der Waals surface area (Å²) < 4.78 is 33.3. The number of nitriles is 1. The Morgan fingerprint density at radius 3 is 2.43 bits per heavy atom. The van der Waals surface area contributed by atoms with Gasteiger partial charge in [-0.2, -0.15) is 9.57 Å². The number of aromatic nitrogens is 2. The molecule has 4 aromatic rings. The van der Waals surface area contributed by atoms with Gasteiger partial charge in [-0.25, -0.2) is 18.4 Å². The van der Waals surface area contributed by atoms with Crippen LogP contribution in [0, 0.1) is 11.3 Å². The van der Waals surface area contributed by atoms with Crippen molar-refractivity contribution in [2.75, 3.05) is 31.1 Å². The first-order chi connectivity index (χ1) is 14.6. The third kappa shape index (κ3) is 2.98. The number of para-hydroxylation sites is 1. The smallest absolute Gasteiger partial charge is 0.243 e. The van der Waals surface area contributed by atoms with E-state index in [2.05, 4.69) is 9.97 Å². The van der Waals surface area contributed by atoms with E-state index in [0.717, 1.165) is 16.5 Å². The highest BCUT2D eigenvalue weighted by Gasteiger charge is 2.30. The van der Waals surface area contributed by atoms with Crippen molar-refractivity contribution in [1.29, 1.82) is 5.26 Å². The molecule has 9 heteroatoms. The second-order valence-electron chi connectivity index (χ2n) is 7.00. The zero-order valence-corrected chi connectivity index (χ0v) is 16.7. The molecule has 150 valence electrons. The van der Waals surface area contributed by atoms with Gasteiger partial charge in [-0.05, 0) is 36.4 Å². The van der Waals surface area contributed by atoms with Crippen LogP contribution in [-0.2, 0) is 10.0 Å². The Labute approximate surface area is 173 Å². The van der Waals surface area contributed by atoms with Crippen LogP contribution in [0.4, 0.5) is 5.82 Å². The molecule has 2 aromatic heterocycles. The highest BCUT2D eigenvalue weighted by atomic mass is 32.2. The lowest BCUT2D eigenvalue weighted by atomic mass is 10.2. The topological polar surface area (TPSA) is 103 Å². The van der Waals surface area contributed by atoms with Gasteiger partial charge in [0, 0.05) is 31.6 Å². The Morgan fingerprint density at radius 1 is 0.967 bits per heavy atom. The van der Waals surface area contributed by atoms with E-state index in [-0.39, 0.29) is 4.90 Å². The maximum absolute atomic E-state index is 12.9. The van der Waals surface area contributed by atoms with Crippen molar-refractivity contribution >= 4 is 37.9 Å². The van der Waals surface area contributed by atoms with Crippen molar-refractivity contribution < 1.29 is 12.8 Å². The van der Waals surface area contributed by atoms with Crippen LogP contribution in [-0.4, -0.2) is 48.9 Å². The predicted molar refractivity (Wildman–Crippen MR) is 111 cm³/mol. The van der Waals surface area contributed by atoms with E-state index in [9.17, 15) is 8.42 Å². The summed E-state index contributed by atoms with van der Waals surface area (Å²) in [6.45, 7) is 1.62. The van der Waals surface area contributed by atoms with Crippen LogP contribution < -0.4 is 4.90 Å². The maximum atomic E-state index is 12.9. The number of anilines is 1. The Kier molecular flexibility index (Phi) is 4.38. The molecular formula is C21H17N5O3S. The number of benzene rings is 2. The molecule has 0 atom stereocenters. The summed E-state index contributed by atoms with van der Waals surface area (Å²) in [7, 11) is -3.61. The number of hydrogen-bond acceptors (Lipinski definition) is 7. The van der Waals surface area contributed by atoms with Gasteiger partial charge in [0.25, 0.3) is 0 Å². The number of nitrogens with zero attached hydrogens (tertiary/aromatic N) is 5. The molecule has 8 nitrogen and oxygen atoms in total. The molecule has 0 radical (unpaired) electrons. The first-order valence-electron chi connectivity index (χ1n) is 9.45. The standard InChI is InChI=1S/C21H17N5O3S/c22-13-15-5-7-16(8-6-15)30(27,28)26-11-9-25(10-12-26)21-20-19(23-14-24-21)17-3-1-2-4-18(17)29-20/h1-8,14H,9-12H2. The first-order valence-corrected chi connectivity index (χ1v) is 10.9. The molecule has 1 fully saturated rings. The van der Waals surface area contributed by atoms with Gasteiger partial charge in [0.2, 0.25) is 10.0 Å². The molecule has 2 aromatic carbocycles. The van der Waals surface area contributed by atoms with E-state index >= 15 is 0 Å². The molecule has 0 bridgehead atoms. The minimum Gasteiger partial charge on any atom is -0.450 e. The molecule has 0 amide bonds. The first kappa shape index (κ1) is 18.5. The molecule has 0 unspecified atom stereocenters. The van der Waals surface area contributed by atoms with E-state index in [4.69, 9.17) is 9.68 Å². The third-order valence-corrected chi connectivity index (χ3v) is 7.21.